The number of morpholine rings is 1. The van der Waals surface area contributed by atoms with Crippen molar-refractivity contribution in [1.29, 1.82) is 0 Å². The van der Waals surface area contributed by atoms with Crippen molar-refractivity contribution >= 4 is 11.9 Å². The smallest absolute Gasteiger partial charge is 0.366 e. The summed E-state index contributed by atoms with van der Waals surface area (Å²) in [4.78, 5) is 31.6. The number of pyridine rings is 1. The zero-order valence-electron chi connectivity index (χ0n) is 15.8. The van der Waals surface area contributed by atoms with Crippen molar-refractivity contribution < 1.29 is 27.5 Å². The van der Waals surface area contributed by atoms with Gasteiger partial charge in [0.2, 0.25) is 5.91 Å². The van der Waals surface area contributed by atoms with Crippen LogP contribution < -0.4 is 5.32 Å². The van der Waals surface area contributed by atoms with Gasteiger partial charge in [-0.05, 0) is 36.8 Å². The molecule has 4 rings (SSSR count). The lowest BCUT2D eigenvalue weighted by atomic mass is 9.90. The van der Waals surface area contributed by atoms with Gasteiger partial charge < -0.3 is 19.9 Å². The van der Waals surface area contributed by atoms with Gasteiger partial charge in [-0.2, -0.15) is 13.2 Å². The number of rotatable bonds is 1. The van der Waals surface area contributed by atoms with Gasteiger partial charge in [0.25, 0.3) is 0 Å². The molecule has 1 aromatic heterocycles. The van der Waals surface area contributed by atoms with Crippen molar-refractivity contribution in [3.05, 3.63) is 29.6 Å². The van der Waals surface area contributed by atoms with Crippen LogP contribution in [0.5, 0.6) is 0 Å². The summed E-state index contributed by atoms with van der Waals surface area (Å²) in [5, 5.41) is 2.88. The molecule has 3 amide bonds. The summed E-state index contributed by atoms with van der Waals surface area (Å²) in [5.41, 5.74) is -0.178. The second kappa shape index (κ2) is 7.81. The topological polar surface area (TPSA) is 74.8 Å². The minimum atomic E-state index is -4.41. The van der Waals surface area contributed by atoms with E-state index in [1.54, 1.807) is 9.80 Å². The van der Waals surface area contributed by atoms with Crippen molar-refractivity contribution in [3.63, 3.8) is 0 Å². The van der Waals surface area contributed by atoms with Gasteiger partial charge in [0.1, 0.15) is 6.61 Å². The molecule has 7 nitrogen and oxygen atoms in total. The van der Waals surface area contributed by atoms with Crippen molar-refractivity contribution in [2.24, 2.45) is 0 Å². The maximum atomic E-state index is 12.9. The fourth-order valence-electron chi connectivity index (χ4n) is 4.31. The van der Waals surface area contributed by atoms with Crippen LogP contribution in [0.25, 0.3) is 0 Å². The largest absolute Gasteiger partial charge is 0.417 e. The lowest BCUT2D eigenvalue weighted by Crippen LogP contribution is -2.62. The Morgan fingerprint density at radius 3 is 2.59 bits per heavy atom. The first-order chi connectivity index (χ1) is 13.8. The van der Waals surface area contributed by atoms with Gasteiger partial charge in [-0.1, -0.05) is 0 Å². The lowest BCUT2D eigenvalue weighted by Gasteiger charge is -2.43. The normalized spacial score (nSPS) is 26.1. The van der Waals surface area contributed by atoms with E-state index in [4.69, 9.17) is 4.74 Å². The molecule has 2 atom stereocenters. The van der Waals surface area contributed by atoms with Crippen LogP contribution in [0.15, 0.2) is 18.5 Å². The van der Waals surface area contributed by atoms with Crippen molar-refractivity contribution in [3.8, 4) is 0 Å². The highest BCUT2D eigenvalue weighted by atomic mass is 19.4. The molecule has 10 heteroatoms. The van der Waals surface area contributed by atoms with Crippen LogP contribution in [-0.4, -0.2) is 71.7 Å². The first-order valence-corrected chi connectivity index (χ1v) is 9.78. The van der Waals surface area contributed by atoms with Gasteiger partial charge in [-0.25, -0.2) is 4.79 Å². The van der Waals surface area contributed by atoms with Gasteiger partial charge in [0.15, 0.2) is 0 Å². The minimum Gasteiger partial charge on any atom is -0.366 e. The zero-order chi connectivity index (χ0) is 20.6. The van der Waals surface area contributed by atoms with Crippen molar-refractivity contribution in [1.82, 2.24) is 20.1 Å². The van der Waals surface area contributed by atoms with E-state index >= 15 is 0 Å². The third-order valence-electron chi connectivity index (χ3n) is 5.92. The summed E-state index contributed by atoms with van der Waals surface area (Å²) < 4.78 is 44.3. The molecular formula is C19H23F3N4O3. The molecular weight excluding hydrogens is 389 g/mol. The van der Waals surface area contributed by atoms with E-state index < -0.39 is 11.7 Å². The number of amides is 3. The molecule has 0 bridgehead atoms. The molecule has 0 radical (unpaired) electrons. The average molecular weight is 412 g/mol. The molecule has 0 unspecified atom stereocenters. The second-order valence-corrected chi connectivity index (χ2v) is 7.81. The Hall–Kier alpha value is -2.36. The van der Waals surface area contributed by atoms with E-state index in [0.29, 0.717) is 51.0 Å². The number of nitrogens with one attached hydrogen (secondary N) is 1. The molecule has 29 heavy (non-hydrogen) atoms. The Labute approximate surface area is 166 Å². The number of hydrogen-bond donors (Lipinski definition) is 1. The Morgan fingerprint density at radius 2 is 1.86 bits per heavy atom. The van der Waals surface area contributed by atoms with Gasteiger partial charge in [-0.3, -0.25) is 9.78 Å². The molecule has 1 N–H and O–H groups in total. The molecule has 0 aromatic carbocycles. The van der Waals surface area contributed by atoms with Crippen LogP contribution in [0.2, 0.25) is 0 Å². The number of carbonyl (C=O) groups is 2. The predicted molar refractivity (Wildman–Crippen MR) is 96.0 cm³/mol. The second-order valence-electron chi connectivity index (χ2n) is 7.81. The average Bonchev–Trinajstić information content (AvgIpc) is 2.72. The third-order valence-corrected chi connectivity index (χ3v) is 5.92. The number of carbonyl (C=O) groups excluding carboxylic acids is 2. The molecule has 3 saturated heterocycles. The highest BCUT2D eigenvalue weighted by Gasteiger charge is 2.38. The first-order valence-electron chi connectivity index (χ1n) is 9.78. The van der Waals surface area contributed by atoms with E-state index in [1.807, 2.05) is 0 Å². The number of fused-ring (bicyclic) bond motifs is 1. The van der Waals surface area contributed by atoms with Crippen LogP contribution >= 0.6 is 0 Å². The van der Waals surface area contributed by atoms with E-state index in [1.165, 1.54) is 6.20 Å². The monoisotopic (exact) mass is 412 g/mol. The van der Waals surface area contributed by atoms with Gasteiger partial charge in [0, 0.05) is 38.6 Å². The van der Waals surface area contributed by atoms with E-state index in [9.17, 15) is 22.8 Å². The van der Waals surface area contributed by atoms with Crippen molar-refractivity contribution in [2.75, 3.05) is 32.8 Å². The highest BCUT2D eigenvalue weighted by molar-refractivity contribution is 5.79. The van der Waals surface area contributed by atoms with E-state index in [-0.39, 0.29) is 36.6 Å². The summed E-state index contributed by atoms with van der Waals surface area (Å²) in [5.74, 6) is -0.221. The Balaban J connectivity index is 1.34. The molecule has 3 aliphatic heterocycles. The molecule has 0 saturated carbocycles. The minimum absolute atomic E-state index is 0.0504. The first kappa shape index (κ1) is 19.9. The predicted octanol–water partition coefficient (Wildman–Crippen LogP) is 1.99. The number of urea groups is 1. The van der Waals surface area contributed by atoms with E-state index in [0.717, 1.165) is 12.3 Å². The van der Waals surface area contributed by atoms with Crippen LogP contribution in [0.3, 0.4) is 0 Å². The van der Waals surface area contributed by atoms with Crippen LogP contribution in [0.1, 0.15) is 36.3 Å². The molecule has 1 aromatic rings. The number of hydrogen-bond acceptors (Lipinski definition) is 4. The molecule has 0 spiro atoms. The summed E-state index contributed by atoms with van der Waals surface area (Å²) in [6.45, 7) is 1.99. The SMILES string of the molecule is O=C1CO[C@H]2CCN(C(=O)N3CCC(c4cncc(C(F)(F)F)c4)CC3)C[C@H]2N1. The summed E-state index contributed by atoms with van der Waals surface area (Å²) >= 11 is 0. The highest BCUT2D eigenvalue weighted by Crippen LogP contribution is 2.33. The van der Waals surface area contributed by atoms with E-state index in [2.05, 4.69) is 10.3 Å². The maximum Gasteiger partial charge on any atom is 0.417 e. The molecule has 3 fully saturated rings. The Morgan fingerprint density at radius 1 is 1.14 bits per heavy atom. The van der Waals surface area contributed by atoms with Gasteiger partial charge in [0.05, 0.1) is 17.7 Å². The number of aromatic nitrogens is 1. The lowest BCUT2D eigenvalue weighted by molar-refractivity contribution is -0.140. The fraction of sp³-hybridized carbons (Fsp3) is 0.632. The van der Waals surface area contributed by atoms with Crippen LogP contribution in [0, 0.1) is 0 Å². The standard InChI is InChI=1S/C19H23F3N4O3/c20-19(21,22)14-7-13(8-23-9-14)12-1-4-25(5-2-12)18(28)26-6-3-16-15(10-26)24-17(27)11-29-16/h7-9,12,15-16H,1-6,10-11H2,(H,24,27)/t15-,16+/m1/s1. The van der Waals surface area contributed by atoms with Crippen LogP contribution in [-0.2, 0) is 15.7 Å². The summed E-state index contributed by atoms with van der Waals surface area (Å²) in [6, 6.07) is 0.873. The summed E-state index contributed by atoms with van der Waals surface area (Å²) in [6.07, 6.45) is -0.306. The number of ether oxygens (including phenoxy) is 1. The number of halogens is 3. The zero-order valence-corrected chi connectivity index (χ0v) is 15.8. The number of likely N-dealkylation sites (tertiary alicyclic amines) is 2. The number of piperidine rings is 2. The van der Waals surface area contributed by atoms with Crippen molar-refractivity contribution in [2.45, 2.75) is 43.5 Å². The van der Waals surface area contributed by atoms with Gasteiger partial charge in [-0.15, -0.1) is 0 Å². The van der Waals surface area contributed by atoms with Crippen LogP contribution in [0.4, 0.5) is 18.0 Å². The van der Waals surface area contributed by atoms with Gasteiger partial charge >= 0.3 is 12.2 Å². The number of alkyl halides is 3. The Kier molecular flexibility index (Phi) is 5.37. The quantitative estimate of drug-likeness (QED) is 0.766. The Bertz CT molecular complexity index is 780. The molecule has 158 valence electrons. The molecule has 3 aliphatic rings. The third kappa shape index (κ3) is 4.31. The maximum absolute atomic E-state index is 12.9. The fourth-order valence-corrected chi connectivity index (χ4v) is 4.31. The molecule has 0 aliphatic carbocycles. The molecule has 4 heterocycles. The number of nitrogens with zero attached hydrogens (tertiary/aromatic N) is 3. The summed E-state index contributed by atoms with van der Waals surface area (Å²) in [7, 11) is 0.